The molecule has 11 heteroatoms. The predicted octanol–water partition coefficient (Wildman–Crippen LogP) is -2.34. The number of nitrogens with two attached hydrogens (primary N) is 2. The molecule has 0 saturated carbocycles. The summed E-state index contributed by atoms with van der Waals surface area (Å²) in [6, 6.07) is -0.716. The van der Waals surface area contributed by atoms with E-state index in [0.29, 0.717) is 24.1 Å². The number of carbonyl (C=O) groups is 1. The number of aromatic amines is 1. The maximum atomic E-state index is 11.4. The molecule has 0 saturated heterocycles. The minimum absolute atomic E-state index is 0. The standard InChI is InChI=1S/C7H8N4O2.C6H14N2O2.H2O/c1-10-5-4(8-3-9-5)6(12)11(2)7(10)13;7-4-2-1-3-5(8)6(9)10;/h3H,1-2H3,(H,8,9);5H,1-4,7-8H2,(H,9,10);1H2. The molecular formula is C13H24N6O5. The summed E-state index contributed by atoms with van der Waals surface area (Å²) < 4.78 is 2.37. The van der Waals surface area contributed by atoms with Crippen molar-refractivity contribution < 1.29 is 15.4 Å². The van der Waals surface area contributed by atoms with Gasteiger partial charge < -0.3 is 27.0 Å². The van der Waals surface area contributed by atoms with Crippen molar-refractivity contribution >= 4 is 17.1 Å². The van der Waals surface area contributed by atoms with Crippen molar-refractivity contribution in [1.29, 1.82) is 0 Å². The van der Waals surface area contributed by atoms with Crippen LogP contribution in [-0.2, 0) is 18.9 Å². The van der Waals surface area contributed by atoms with Gasteiger partial charge in [0.05, 0.1) is 6.33 Å². The molecule has 8 N–H and O–H groups in total. The van der Waals surface area contributed by atoms with Crippen LogP contribution in [0.4, 0.5) is 0 Å². The molecule has 0 aliphatic carbocycles. The zero-order chi connectivity index (χ0) is 17.6. The fraction of sp³-hybridized carbons (Fsp3) is 0.538. The minimum Gasteiger partial charge on any atom is -0.480 e. The molecular weight excluding hydrogens is 320 g/mol. The molecule has 2 rings (SSSR count). The number of carboxylic acids is 1. The van der Waals surface area contributed by atoms with E-state index < -0.39 is 12.0 Å². The third-order valence-corrected chi connectivity index (χ3v) is 3.32. The van der Waals surface area contributed by atoms with Crippen LogP contribution >= 0.6 is 0 Å². The Morgan fingerprint density at radius 1 is 1.33 bits per heavy atom. The first-order valence-electron chi connectivity index (χ1n) is 7.08. The molecule has 0 aliphatic heterocycles. The van der Waals surface area contributed by atoms with Crippen molar-refractivity contribution in [3.05, 3.63) is 27.2 Å². The van der Waals surface area contributed by atoms with Gasteiger partial charge in [-0.1, -0.05) is 6.42 Å². The molecule has 136 valence electrons. The van der Waals surface area contributed by atoms with Gasteiger partial charge in [-0.15, -0.1) is 0 Å². The van der Waals surface area contributed by atoms with E-state index in [4.69, 9.17) is 16.6 Å². The fourth-order valence-corrected chi connectivity index (χ4v) is 1.90. The van der Waals surface area contributed by atoms with Gasteiger partial charge in [-0.25, -0.2) is 9.78 Å². The van der Waals surface area contributed by atoms with Crippen LogP contribution in [0.2, 0.25) is 0 Å². The molecule has 0 aromatic carbocycles. The summed E-state index contributed by atoms with van der Waals surface area (Å²) in [5.74, 6) is -0.933. The molecule has 0 aliphatic rings. The van der Waals surface area contributed by atoms with Crippen molar-refractivity contribution in [3.8, 4) is 0 Å². The first-order chi connectivity index (χ1) is 10.8. The van der Waals surface area contributed by atoms with Gasteiger partial charge >= 0.3 is 11.7 Å². The van der Waals surface area contributed by atoms with Crippen LogP contribution < -0.4 is 22.7 Å². The number of rotatable bonds is 5. The summed E-state index contributed by atoms with van der Waals surface area (Å²) in [5.41, 5.74) is 10.4. The number of hydrogen-bond donors (Lipinski definition) is 4. The van der Waals surface area contributed by atoms with Crippen molar-refractivity contribution in [2.75, 3.05) is 6.54 Å². The Labute approximate surface area is 137 Å². The first kappa shape index (κ1) is 21.5. The number of aryl methyl sites for hydroxylation is 1. The Kier molecular flexibility index (Phi) is 8.60. The Bertz CT molecular complexity index is 777. The van der Waals surface area contributed by atoms with E-state index in [1.807, 2.05) is 0 Å². The number of aromatic nitrogens is 4. The average Bonchev–Trinajstić information content (AvgIpc) is 3.01. The Morgan fingerprint density at radius 3 is 2.50 bits per heavy atom. The number of nitrogens with one attached hydrogen (secondary N) is 1. The average molecular weight is 344 g/mol. The lowest BCUT2D eigenvalue weighted by molar-refractivity contribution is -0.138. The third-order valence-electron chi connectivity index (χ3n) is 3.32. The van der Waals surface area contributed by atoms with E-state index >= 15 is 0 Å². The monoisotopic (exact) mass is 344 g/mol. The summed E-state index contributed by atoms with van der Waals surface area (Å²) in [6.07, 6.45) is 3.56. The van der Waals surface area contributed by atoms with Gasteiger partial charge in [0.25, 0.3) is 5.56 Å². The summed E-state index contributed by atoms with van der Waals surface area (Å²) in [5, 5.41) is 8.33. The number of aliphatic carboxylic acids is 1. The largest absolute Gasteiger partial charge is 0.480 e. The molecule has 2 aromatic heterocycles. The molecule has 0 radical (unpaired) electrons. The molecule has 2 heterocycles. The van der Waals surface area contributed by atoms with Gasteiger partial charge in [0.15, 0.2) is 5.65 Å². The van der Waals surface area contributed by atoms with Crippen LogP contribution in [0.15, 0.2) is 15.9 Å². The first-order valence-corrected chi connectivity index (χ1v) is 7.08. The Morgan fingerprint density at radius 2 is 1.96 bits per heavy atom. The molecule has 0 spiro atoms. The SMILES string of the molecule is Cn1c(=O)c2[nH]cnc2n(C)c1=O.NCCCCC(N)C(=O)O.O. The van der Waals surface area contributed by atoms with Crippen LogP contribution in [-0.4, -0.2) is 48.2 Å². The summed E-state index contributed by atoms with van der Waals surface area (Å²) in [7, 11) is 3.01. The van der Waals surface area contributed by atoms with E-state index in [2.05, 4.69) is 9.97 Å². The lowest BCUT2D eigenvalue weighted by Crippen LogP contribution is -2.36. The number of H-pyrrole nitrogens is 1. The zero-order valence-electron chi connectivity index (χ0n) is 13.7. The van der Waals surface area contributed by atoms with Crippen LogP contribution in [0.1, 0.15) is 19.3 Å². The topological polar surface area (TPSA) is 194 Å². The molecule has 0 fully saturated rings. The second-order valence-corrected chi connectivity index (χ2v) is 5.04. The van der Waals surface area contributed by atoms with Crippen LogP contribution in [0.5, 0.6) is 0 Å². The highest BCUT2D eigenvalue weighted by Crippen LogP contribution is 1.97. The lowest BCUT2D eigenvalue weighted by Gasteiger charge is -2.03. The molecule has 11 nitrogen and oxygen atoms in total. The highest BCUT2D eigenvalue weighted by atomic mass is 16.4. The van der Waals surface area contributed by atoms with Crippen molar-refractivity contribution in [2.24, 2.45) is 25.6 Å². The van der Waals surface area contributed by atoms with Gasteiger partial charge in [-0.05, 0) is 19.4 Å². The number of hydrogen-bond acceptors (Lipinski definition) is 6. The number of nitrogens with zero attached hydrogens (tertiary/aromatic N) is 3. The van der Waals surface area contributed by atoms with E-state index in [1.54, 1.807) is 7.05 Å². The van der Waals surface area contributed by atoms with Gasteiger partial charge in [0.2, 0.25) is 0 Å². The summed E-state index contributed by atoms with van der Waals surface area (Å²) >= 11 is 0. The van der Waals surface area contributed by atoms with Gasteiger partial charge in [-0.3, -0.25) is 18.7 Å². The number of imidazole rings is 1. The summed E-state index contributed by atoms with van der Waals surface area (Å²) in [4.78, 5) is 39.5. The Balaban J connectivity index is 0.000000441. The molecule has 2 aromatic rings. The maximum Gasteiger partial charge on any atom is 0.332 e. The Hall–Kier alpha value is -2.50. The second-order valence-electron chi connectivity index (χ2n) is 5.04. The predicted molar refractivity (Wildman–Crippen MR) is 88.7 cm³/mol. The van der Waals surface area contributed by atoms with Crippen LogP contribution in [0, 0.1) is 0 Å². The summed E-state index contributed by atoms with van der Waals surface area (Å²) in [6.45, 7) is 0.604. The fourth-order valence-electron chi connectivity index (χ4n) is 1.90. The number of fused-ring (bicyclic) bond motifs is 1. The third kappa shape index (κ3) is 5.01. The number of carboxylic acid groups (broad SMARTS) is 1. The van der Waals surface area contributed by atoms with E-state index in [-0.39, 0.29) is 16.7 Å². The zero-order valence-corrected chi connectivity index (χ0v) is 13.7. The van der Waals surface area contributed by atoms with Gasteiger partial charge in [0, 0.05) is 14.1 Å². The van der Waals surface area contributed by atoms with Gasteiger partial charge in [-0.2, -0.15) is 0 Å². The molecule has 24 heavy (non-hydrogen) atoms. The second kappa shape index (κ2) is 9.60. The van der Waals surface area contributed by atoms with Crippen molar-refractivity contribution in [2.45, 2.75) is 25.3 Å². The van der Waals surface area contributed by atoms with Crippen LogP contribution in [0.25, 0.3) is 11.2 Å². The lowest BCUT2D eigenvalue weighted by atomic mass is 10.1. The minimum atomic E-state index is -0.933. The van der Waals surface area contributed by atoms with E-state index in [0.717, 1.165) is 17.4 Å². The highest BCUT2D eigenvalue weighted by Gasteiger charge is 2.09. The smallest absolute Gasteiger partial charge is 0.332 e. The van der Waals surface area contributed by atoms with Gasteiger partial charge in [0.1, 0.15) is 11.6 Å². The molecule has 1 atom stereocenters. The van der Waals surface area contributed by atoms with Crippen molar-refractivity contribution in [1.82, 2.24) is 19.1 Å². The highest BCUT2D eigenvalue weighted by molar-refractivity contribution is 5.72. The molecule has 1 unspecified atom stereocenters. The van der Waals surface area contributed by atoms with E-state index in [1.165, 1.54) is 17.9 Å². The number of unbranched alkanes of at least 4 members (excludes halogenated alkanes) is 1. The molecule has 0 amide bonds. The quantitative estimate of drug-likeness (QED) is 0.436. The van der Waals surface area contributed by atoms with Crippen molar-refractivity contribution in [3.63, 3.8) is 0 Å². The maximum absolute atomic E-state index is 11.4. The molecule has 0 bridgehead atoms. The van der Waals surface area contributed by atoms with E-state index in [9.17, 15) is 14.4 Å². The normalized spacial score (nSPS) is 11.3. The van der Waals surface area contributed by atoms with Crippen LogP contribution in [0.3, 0.4) is 0 Å².